The van der Waals surface area contributed by atoms with E-state index in [9.17, 15) is 9.36 Å². The molecule has 2 aromatic heterocycles. The van der Waals surface area contributed by atoms with Crippen molar-refractivity contribution in [3.05, 3.63) is 16.7 Å². The summed E-state index contributed by atoms with van der Waals surface area (Å²) in [4.78, 5) is 30.9. The summed E-state index contributed by atoms with van der Waals surface area (Å²) in [6, 6.07) is 0. The van der Waals surface area contributed by atoms with Gasteiger partial charge < -0.3 is 10.3 Å². The van der Waals surface area contributed by atoms with E-state index in [2.05, 4.69) is 19.5 Å². The average Bonchev–Trinajstić information content (AvgIpc) is 2.79. The van der Waals surface area contributed by atoms with E-state index in [-0.39, 0.29) is 29.0 Å². The first-order valence-electron chi connectivity index (χ1n) is 6.78. The summed E-state index contributed by atoms with van der Waals surface area (Å²) in [5.41, 5.74) is 5.80. The molecule has 2 rings (SSSR count). The molecule has 0 aliphatic carbocycles. The molecule has 2 heterocycles. The second kappa shape index (κ2) is 6.51. The van der Waals surface area contributed by atoms with Gasteiger partial charge in [-0.1, -0.05) is 13.8 Å². The van der Waals surface area contributed by atoms with Crippen LogP contribution in [0, 0.1) is 5.41 Å². The van der Waals surface area contributed by atoms with Crippen molar-refractivity contribution in [2.24, 2.45) is 5.41 Å². The molecular formula is C12H19N5O4P+. The maximum absolute atomic E-state index is 11.7. The van der Waals surface area contributed by atoms with E-state index in [0.717, 1.165) is 6.42 Å². The van der Waals surface area contributed by atoms with Crippen molar-refractivity contribution in [1.29, 1.82) is 0 Å². The highest BCUT2D eigenvalue weighted by molar-refractivity contribution is 7.32. The molecule has 0 fully saturated rings. The van der Waals surface area contributed by atoms with Gasteiger partial charge in [-0.25, -0.2) is 4.98 Å². The Morgan fingerprint density at radius 1 is 1.50 bits per heavy atom. The minimum Gasteiger partial charge on any atom is -0.369 e. The van der Waals surface area contributed by atoms with Gasteiger partial charge in [-0.3, -0.25) is 9.78 Å². The summed E-state index contributed by atoms with van der Waals surface area (Å²) in [6.45, 7) is 4.89. The first kappa shape index (κ1) is 16.5. The second-order valence-corrected chi connectivity index (χ2v) is 6.53. The maximum Gasteiger partial charge on any atom is 0.694 e. The Morgan fingerprint density at radius 2 is 2.23 bits per heavy atom. The third-order valence-corrected chi connectivity index (χ3v) is 3.91. The number of hydrogen-bond acceptors (Lipinski definition) is 6. The number of aromatic amines is 1. The monoisotopic (exact) mass is 328 g/mol. The van der Waals surface area contributed by atoms with Crippen LogP contribution in [0.15, 0.2) is 11.1 Å². The fourth-order valence-electron chi connectivity index (χ4n) is 2.08. The van der Waals surface area contributed by atoms with E-state index >= 15 is 0 Å². The van der Waals surface area contributed by atoms with Crippen LogP contribution >= 0.6 is 8.25 Å². The number of fused-ring (bicyclic) bond motifs is 1. The van der Waals surface area contributed by atoms with E-state index in [1.54, 1.807) is 10.9 Å². The molecule has 0 saturated carbocycles. The quantitative estimate of drug-likeness (QED) is 0.649. The number of rotatable bonds is 7. The van der Waals surface area contributed by atoms with E-state index in [0.29, 0.717) is 18.6 Å². The molecule has 0 aliphatic rings. The minimum absolute atomic E-state index is 0.0543. The fraction of sp³-hybridized carbons (Fsp3) is 0.583. The van der Waals surface area contributed by atoms with Crippen LogP contribution in [-0.4, -0.2) is 31.0 Å². The van der Waals surface area contributed by atoms with E-state index in [1.165, 1.54) is 0 Å². The van der Waals surface area contributed by atoms with Gasteiger partial charge in [0.1, 0.15) is 6.61 Å². The predicted octanol–water partition coefficient (Wildman–Crippen LogP) is 1.17. The van der Waals surface area contributed by atoms with Crippen LogP contribution in [0.5, 0.6) is 0 Å². The van der Waals surface area contributed by atoms with E-state index in [1.807, 2.05) is 13.8 Å². The van der Waals surface area contributed by atoms with Crippen LogP contribution in [0.1, 0.15) is 26.7 Å². The number of H-pyrrole nitrogens is 1. The molecule has 4 N–H and O–H groups in total. The Balaban J connectivity index is 2.05. The van der Waals surface area contributed by atoms with Crippen LogP contribution in [0.3, 0.4) is 0 Å². The molecule has 0 amide bonds. The Hall–Kier alpha value is -1.83. The van der Waals surface area contributed by atoms with Crippen molar-refractivity contribution < 1.29 is 14.0 Å². The molecule has 0 radical (unpaired) electrons. The summed E-state index contributed by atoms with van der Waals surface area (Å²) in [5.74, 6) is 0.0543. The second-order valence-electron chi connectivity index (χ2n) is 5.80. The van der Waals surface area contributed by atoms with Crippen molar-refractivity contribution in [1.82, 2.24) is 19.5 Å². The van der Waals surface area contributed by atoms with Crippen LogP contribution in [0.4, 0.5) is 5.95 Å². The number of nitrogen functional groups attached to an aromatic ring is 1. The largest absolute Gasteiger partial charge is 0.694 e. The third-order valence-electron chi connectivity index (χ3n) is 3.50. The van der Waals surface area contributed by atoms with Gasteiger partial charge in [-0.15, -0.1) is 9.42 Å². The SMILES string of the molecule is CC(C)(CCO[P+](=O)O)CCn1cnc2c(=O)[nH]c(N)nc21. The number of hydrogen-bond donors (Lipinski definition) is 3. The average molecular weight is 328 g/mol. The zero-order valence-corrected chi connectivity index (χ0v) is 13.3. The van der Waals surface area contributed by atoms with Gasteiger partial charge in [0.15, 0.2) is 11.2 Å². The standard InChI is InChI=1S/C12H18N5O4P/c1-12(2,4-6-21-22(19)20)3-5-17-7-14-8-9(17)15-11(13)16-10(8)18/h7H,3-6H2,1-2H3,(H3-,13,15,16,18,19,20)/p+1. The molecule has 22 heavy (non-hydrogen) atoms. The Kier molecular flexibility index (Phi) is 4.90. The number of aryl methyl sites for hydroxylation is 1. The summed E-state index contributed by atoms with van der Waals surface area (Å²) >= 11 is 0. The van der Waals surface area contributed by atoms with Gasteiger partial charge in [0.25, 0.3) is 5.56 Å². The molecule has 0 bridgehead atoms. The number of nitrogens with one attached hydrogen (secondary N) is 1. The van der Waals surface area contributed by atoms with Crippen molar-refractivity contribution in [3.8, 4) is 0 Å². The van der Waals surface area contributed by atoms with Crippen LogP contribution in [0.2, 0.25) is 0 Å². The van der Waals surface area contributed by atoms with Gasteiger partial charge in [-0.05, 0) is 18.3 Å². The molecule has 0 aromatic carbocycles. The molecular weight excluding hydrogens is 309 g/mol. The molecule has 0 aliphatic heterocycles. The van der Waals surface area contributed by atoms with Crippen molar-refractivity contribution in [3.63, 3.8) is 0 Å². The topological polar surface area (TPSA) is 136 Å². The zero-order chi connectivity index (χ0) is 16.3. The van der Waals surface area contributed by atoms with Gasteiger partial charge >= 0.3 is 8.25 Å². The Bertz CT molecular complexity index is 739. The lowest BCUT2D eigenvalue weighted by molar-refractivity contribution is 0.202. The van der Waals surface area contributed by atoms with Gasteiger partial charge in [-0.2, -0.15) is 4.98 Å². The van der Waals surface area contributed by atoms with Crippen molar-refractivity contribution in [2.45, 2.75) is 33.2 Å². The smallest absolute Gasteiger partial charge is 0.369 e. The maximum atomic E-state index is 11.7. The Morgan fingerprint density at radius 3 is 2.91 bits per heavy atom. The lowest BCUT2D eigenvalue weighted by Crippen LogP contribution is -2.17. The van der Waals surface area contributed by atoms with Gasteiger partial charge in [0.2, 0.25) is 5.95 Å². The number of aromatic nitrogens is 4. The number of imidazole rings is 1. The molecule has 1 unspecified atom stereocenters. The number of nitrogens with two attached hydrogens (primary N) is 1. The lowest BCUT2D eigenvalue weighted by atomic mass is 9.86. The predicted molar refractivity (Wildman–Crippen MR) is 81.4 cm³/mol. The summed E-state index contributed by atoms with van der Waals surface area (Å²) in [7, 11) is -2.56. The van der Waals surface area contributed by atoms with Crippen LogP contribution < -0.4 is 11.3 Å². The summed E-state index contributed by atoms with van der Waals surface area (Å²) in [6.07, 6.45) is 2.96. The molecule has 10 heteroatoms. The molecule has 9 nitrogen and oxygen atoms in total. The molecule has 0 spiro atoms. The fourth-order valence-corrected chi connectivity index (χ4v) is 2.33. The highest BCUT2D eigenvalue weighted by atomic mass is 31.1. The third kappa shape index (κ3) is 4.09. The first-order chi connectivity index (χ1) is 10.3. The molecule has 2 aromatic rings. The lowest BCUT2D eigenvalue weighted by Gasteiger charge is -2.23. The Labute approximate surface area is 127 Å². The highest BCUT2D eigenvalue weighted by Crippen LogP contribution is 2.28. The van der Waals surface area contributed by atoms with Gasteiger partial charge in [0, 0.05) is 11.1 Å². The van der Waals surface area contributed by atoms with E-state index < -0.39 is 8.25 Å². The molecule has 120 valence electrons. The summed E-state index contributed by atoms with van der Waals surface area (Å²) in [5, 5.41) is 0. The summed E-state index contributed by atoms with van der Waals surface area (Å²) < 4.78 is 17.0. The number of anilines is 1. The highest BCUT2D eigenvalue weighted by Gasteiger charge is 2.22. The van der Waals surface area contributed by atoms with E-state index in [4.69, 9.17) is 10.6 Å². The number of nitrogens with zero attached hydrogens (tertiary/aromatic N) is 3. The minimum atomic E-state index is -2.56. The molecule has 1 atom stereocenters. The molecule has 0 saturated heterocycles. The normalized spacial score (nSPS) is 12.8. The van der Waals surface area contributed by atoms with Crippen LogP contribution in [-0.2, 0) is 15.6 Å². The zero-order valence-electron chi connectivity index (χ0n) is 12.4. The first-order valence-corrected chi connectivity index (χ1v) is 7.91. The van der Waals surface area contributed by atoms with Crippen LogP contribution in [0.25, 0.3) is 11.2 Å². The van der Waals surface area contributed by atoms with Crippen molar-refractivity contribution in [2.75, 3.05) is 12.3 Å². The van der Waals surface area contributed by atoms with Crippen molar-refractivity contribution >= 4 is 25.4 Å². The van der Waals surface area contributed by atoms with Gasteiger partial charge in [0.05, 0.1) is 6.33 Å².